The van der Waals surface area contributed by atoms with Crippen LogP contribution in [-0.2, 0) is 14.3 Å². The van der Waals surface area contributed by atoms with E-state index in [0.717, 1.165) is 0 Å². The van der Waals surface area contributed by atoms with Gasteiger partial charge in [-0.3, -0.25) is 9.78 Å². The largest absolute Gasteiger partial charge is 0.473 e. The van der Waals surface area contributed by atoms with E-state index in [0.29, 0.717) is 50.2 Å². The van der Waals surface area contributed by atoms with Crippen molar-refractivity contribution in [1.29, 1.82) is 0 Å². The minimum Gasteiger partial charge on any atom is -0.473 e. The number of hydrogen-bond donors (Lipinski definition) is 0. The molecule has 4 heterocycles. The van der Waals surface area contributed by atoms with Crippen LogP contribution in [0.25, 0.3) is 11.0 Å². The van der Waals surface area contributed by atoms with E-state index in [9.17, 15) is 9.59 Å². The van der Waals surface area contributed by atoms with Crippen molar-refractivity contribution in [2.45, 2.75) is 38.9 Å². The summed E-state index contributed by atoms with van der Waals surface area (Å²) in [5.74, 6) is 0.0546. The molecule has 2 aliphatic rings. The summed E-state index contributed by atoms with van der Waals surface area (Å²) in [5.41, 5.74) is 0.536. The zero-order chi connectivity index (χ0) is 23.6. The second kappa shape index (κ2) is 9.64. The molecule has 0 aliphatic carbocycles. The molecule has 0 bridgehead atoms. The predicted molar refractivity (Wildman–Crippen MR) is 120 cm³/mol. The standard InChI is InChI=1S/C22H28ClN5O5/c1-22(2,3)33-21(30)28-7-4-14(11-28)20(29)27-8-9-31-15(12-27)13-32-19-18-16(10-17(23)26-19)24-5-6-25-18/h5-6,10,14-15H,4,7-9,11-13H2,1-3H3/t14-,15-/m0/s1. The normalized spacial score (nSPS) is 21.3. The summed E-state index contributed by atoms with van der Waals surface area (Å²) in [4.78, 5) is 41.5. The van der Waals surface area contributed by atoms with Crippen LogP contribution in [-0.4, -0.2) is 87.8 Å². The maximum atomic E-state index is 13.1. The van der Waals surface area contributed by atoms with E-state index >= 15 is 0 Å². The fourth-order valence-electron chi connectivity index (χ4n) is 3.92. The first kappa shape index (κ1) is 23.4. The number of aromatic nitrogens is 3. The van der Waals surface area contributed by atoms with Crippen LogP contribution >= 0.6 is 11.6 Å². The van der Waals surface area contributed by atoms with Crippen LogP contribution in [0, 0.1) is 5.92 Å². The Morgan fingerprint density at radius 2 is 1.97 bits per heavy atom. The van der Waals surface area contributed by atoms with Gasteiger partial charge in [0.05, 0.1) is 24.6 Å². The first-order valence-corrected chi connectivity index (χ1v) is 11.4. The lowest BCUT2D eigenvalue weighted by molar-refractivity contribution is -0.143. The molecule has 178 valence electrons. The molecule has 10 nitrogen and oxygen atoms in total. The summed E-state index contributed by atoms with van der Waals surface area (Å²) in [6, 6.07) is 1.62. The van der Waals surface area contributed by atoms with Crippen LogP contribution in [0.1, 0.15) is 27.2 Å². The van der Waals surface area contributed by atoms with Crippen LogP contribution in [0.2, 0.25) is 5.15 Å². The minimum atomic E-state index is -0.564. The number of pyridine rings is 1. The molecule has 0 unspecified atom stereocenters. The number of morpholine rings is 1. The zero-order valence-electron chi connectivity index (χ0n) is 19.0. The molecule has 2 aromatic rings. The quantitative estimate of drug-likeness (QED) is 0.618. The van der Waals surface area contributed by atoms with Crippen molar-refractivity contribution in [1.82, 2.24) is 24.8 Å². The highest BCUT2D eigenvalue weighted by atomic mass is 35.5. The molecule has 2 amide bonds. The van der Waals surface area contributed by atoms with Gasteiger partial charge in [-0.2, -0.15) is 4.98 Å². The van der Waals surface area contributed by atoms with Gasteiger partial charge >= 0.3 is 6.09 Å². The van der Waals surface area contributed by atoms with Gasteiger partial charge in [0.15, 0.2) is 5.52 Å². The van der Waals surface area contributed by atoms with Crippen LogP contribution in [0.4, 0.5) is 4.79 Å². The first-order chi connectivity index (χ1) is 15.7. The summed E-state index contributed by atoms with van der Waals surface area (Å²) in [5, 5.41) is 0.259. The van der Waals surface area contributed by atoms with Crippen molar-refractivity contribution in [2.75, 3.05) is 39.4 Å². The molecule has 2 atom stereocenters. The number of likely N-dealkylation sites (tertiary alicyclic amines) is 1. The number of halogens is 1. The summed E-state index contributed by atoms with van der Waals surface area (Å²) >= 11 is 6.07. The molecule has 0 saturated carbocycles. The van der Waals surface area contributed by atoms with E-state index in [4.69, 9.17) is 25.8 Å². The van der Waals surface area contributed by atoms with Crippen molar-refractivity contribution >= 4 is 34.6 Å². The van der Waals surface area contributed by atoms with Gasteiger partial charge in [0, 0.05) is 38.1 Å². The topological polar surface area (TPSA) is 107 Å². The van der Waals surface area contributed by atoms with E-state index in [1.807, 2.05) is 20.8 Å². The fraction of sp³-hybridized carbons (Fsp3) is 0.591. The van der Waals surface area contributed by atoms with Crippen molar-refractivity contribution in [3.63, 3.8) is 0 Å². The molecule has 2 aliphatic heterocycles. The summed E-state index contributed by atoms with van der Waals surface area (Å²) < 4.78 is 17.1. The van der Waals surface area contributed by atoms with Gasteiger partial charge in [-0.15, -0.1) is 0 Å². The lowest BCUT2D eigenvalue weighted by atomic mass is 10.1. The molecule has 2 saturated heterocycles. The van der Waals surface area contributed by atoms with E-state index in [-0.39, 0.29) is 41.7 Å². The molecular formula is C22H28ClN5O5. The molecule has 0 spiro atoms. The average Bonchev–Trinajstić information content (AvgIpc) is 3.26. The van der Waals surface area contributed by atoms with Gasteiger partial charge in [0.1, 0.15) is 23.5 Å². The molecule has 11 heteroatoms. The van der Waals surface area contributed by atoms with Gasteiger partial charge < -0.3 is 24.0 Å². The molecule has 2 fully saturated rings. The van der Waals surface area contributed by atoms with Gasteiger partial charge in [-0.05, 0) is 27.2 Å². The van der Waals surface area contributed by atoms with E-state index in [1.54, 1.807) is 28.3 Å². The third-order valence-corrected chi connectivity index (χ3v) is 5.63. The lowest BCUT2D eigenvalue weighted by Gasteiger charge is -2.34. The van der Waals surface area contributed by atoms with Crippen molar-refractivity contribution in [3.05, 3.63) is 23.6 Å². The number of fused-ring (bicyclic) bond motifs is 1. The second-order valence-corrected chi connectivity index (χ2v) is 9.56. The van der Waals surface area contributed by atoms with Crippen molar-refractivity contribution < 1.29 is 23.8 Å². The van der Waals surface area contributed by atoms with E-state index < -0.39 is 5.60 Å². The second-order valence-electron chi connectivity index (χ2n) is 9.17. The number of ether oxygens (including phenoxy) is 3. The molecule has 2 aromatic heterocycles. The molecule has 33 heavy (non-hydrogen) atoms. The van der Waals surface area contributed by atoms with E-state index in [2.05, 4.69) is 15.0 Å². The Balaban J connectivity index is 1.33. The Labute approximate surface area is 197 Å². The first-order valence-electron chi connectivity index (χ1n) is 11.0. The lowest BCUT2D eigenvalue weighted by Crippen LogP contribution is -2.50. The number of carbonyl (C=O) groups excluding carboxylic acids is 2. The number of rotatable bonds is 4. The van der Waals surface area contributed by atoms with Crippen LogP contribution in [0.5, 0.6) is 5.88 Å². The third-order valence-electron chi connectivity index (χ3n) is 5.44. The molecule has 0 radical (unpaired) electrons. The minimum absolute atomic E-state index is 0.0200. The summed E-state index contributed by atoms with van der Waals surface area (Å²) in [6.45, 7) is 7.85. The molecular weight excluding hydrogens is 450 g/mol. The van der Waals surface area contributed by atoms with Crippen LogP contribution in [0.15, 0.2) is 18.5 Å². The van der Waals surface area contributed by atoms with Gasteiger partial charge in [-0.25, -0.2) is 9.78 Å². The Morgan fingerprint density at radius 1 is 1.18 bits per heavy atom. The molecule has 0 aromatic carbocycles. The van der Waals surface area contributed by atoms with E-state index in [1.165, 1.54) is 0 Å². The zero-order valence-corrected chi connectivity index (χ0v) is 19.7. The number of amides is 2. The Kier molecular flexibility index (Phi) is 6.85. The Morgan fingerprint density at radius 3 is 2.76 bits per heavy atom. The highest BCUT2D eigenvalue weighted by Gasteiger charge is 2.37. The van der Waals surface area contributed by atoms with Crippen molar-refractivity contribution in [2.24, 2.45) is 5.92 Å². The van der Waals surface area contributed by atoms with Crippen LogP contribution < -0.4 is 4.74 Å². The third kappa shape index (κ3) is 5.80. The average molecular weight is 478 g/mol. The highest BCUT2D eigenvalue weighted by molar-refractivity contribution is 6.30. The number of carbonyl (C=O) groups is 2. The number of nitrogens with zero attached hydrogens (tertiary/aromatic N) is 5. The fourth-order valence-corrected chi connectivity index (χ4v) is 4.10. The monoisotopic (exact) mass is 477 g/mol. The maximum Gasteiger partial charge on any atom is 0.410 e. The molecule has 0 N–H and O–H groups in total. The van der Waals surface area contributed by atoms with Gasteiger partial charge in [0.25, 0.3) is 0 Å². The predicted octanol–water partition coefficient (Wildman–Crippen LogP) is 2.54. The molecule has 4 rings (SSSR count). The SMILES string of the molecule is CC(C)(C)OC(=O)N1CC[C@H](C(=O)N2CCO[C@H](COc3nc(Cl)cc4nccnc34)C2)C1. The van der Waals surface area contributed by atoms with Crippen LogP contribution in [0.3, 0.4) is 0 Å². The van der Waals surface area contributed by atoms with Crippen molar-refractivity contribution in [3.8, 4) is 5.88 Å². The maximum absolute atomic E-state index is 13.1. The Bertz CT molecular complexity index is 1030. The number of hydrogen-bond acceptors (Lipinski definition) is 8. The highest BCUT2D eigenvalue weighted by Crippen LogP contribution is 2.25. The van der Waals surface area contributed by atoms with Gasteiger partial charge in [-0.1, -0.05) is 11.6 Å². The summed E-state index contributed by atoms with van der Waals surface area (Å²) in [6.07, 6.45) is 3.05. The van der Waals surface area contributed by atoms with Gasteiger partial charge in [0.2, 0.25) is 11.8 Å². The smallest absolute Gasteiger partial charge is 0.410 e. The summed E-state index contributed by atoms with van der Waals surface area (Å²) in [7, 11) is 0. The Hall–Kier alpha value is -2.72.